The Bertz CT molecular complexity index is 3910. The molecular formula is C62H40N2O. The second kappa shape index (κ2) is 15.0. The molecule has 0 amide bonds. The molecule has 0 unspecified atom stereocenters. The van der Waals surface area contributed by atoms with E-state index in [1.165, 1.54) is 54.5 Å². The number of furan rings is 1. The number of para-hydroxylation sites is 5. The molecule has 0 saturated heterocycles. The van der Waals surface area contributed by atoms with Crippen molar-refractivity contribution in [2.45, 2.75) is 0 Å². The molecule has 0 N–H and O–H groups in total. The van der Waals surface area contributed by atoms with Crippen LogP contribution in [-0.2, 0) is 0 Å². The second-order valence-corrected chi connectivity index (χ2v) is 16.8. The van der Waals surface area contributed by atoms with Gasteiger partial charge in [0.15, 0.2) is 0 Å². The molecule has 11 aromatic carbocycles. The highest BCUT2D eigenvalue weighted by atomic mass is 16.3. The van der Waals surface area contributed by atoms with Crippen LogP contribution in [0.4, 0.5) is 17.1 Å². The van der Waals surface area contributed by atoms with Crippen LogP contribution in [0.25, 0.3) is 104 Å². The van der Waals surface area contributed by atoms with Gasteiger partial charge in [-0.15, -0.1) is 0 Å². The Hall–Kier alpha value is -8.66. The predicted molar refractivity (Wildman–Crippen MR) is 274 cm³/mol. The molecule has 304 valence electrons. The molecule has 0 radical (unpaired) electrons. The number of hydrogen-bond donors (Lipinski definition) is 0. The summed E-state index contributed by atoms with van der Waals surface area (Å²) in [5, 5.41) is 9.74. The Kier molecular flexibility index (Phi) is 8.53. The minimum Gasteiger partial charge on any atom is -0.456 e. The number of aromatic nitrogens is 1. The van der Waals surface area contributed by atoms with Gasteiger partial charge in [0.2, 0.25) is 0 Å². The molecule has 0 saturated carbocycles. The first-order valence-corrected chi connectivity index (χ1v) is 22.2. The standard InChI is InChI=1S/C62H40N2O/c1-2-18-48-41(15-1)31-32-45-39-44(35-38-49(45)48)43-16-13-17-47(40-43)63(57-26-9-6-22-53(57)54-24-14-30-61-62(54)55-23-7-12-29-60(55)65-61)46-36-33-42(34-37-46)50-19-3-8-25-56(50)64-58-27-10-4-20-51(58)52-21-5-11-28-59(52)64/h1-40H. The first-order chi connectivity index (χ1) is 32.2. The molecule has 0 spiro atoms. The van der Waals surface area contributed by atoms with Crippen molar-refractivity contribution in [1.29, 1.82) is 0 Å². The van der Waals surface area contributed by atoms with E-state index in [1.807, 2.05) is 6.07 Å². The normalized spacial score (nSPS) is 11.7. The van der Waals surface area contributed by atoms with Crippen molar-refractivity contribution in [2.75, 3.05) is 4.90 Å². The van der Waals surface area contributed by atoms with E-state index in [2.05, 4.69) is 246 Å². The first-order valence-electron chi connectivity index (χ1n) is 22.2. The number of nitrogens with zero attached hydrogens (tertiary/aromatic N) is 2. The van der Waals surface area contributed by atoms with Crippen molar-refractivity contribution in [3.05, 3.63) is 243 Å². The van der Waals surface area contributed by atoms with E-state index in [4.69, 9.17) is 4.42 Å². The molecule has 2 heterocycles. The van der Waals surface area contributed by atoms with Gasteiger partial charge in [0.25, 0.3) is 0 Å². The van der Waals surface area contributed by atoms with E-state index in [9.17, 15) is 0 Å². The average molecular weight is 829 g/mol. The van der Waals surface area contributed by atoms with Crippen molar-refractivity contribution in [3.63, 3.8) is 0 Å². The molecule has 13 aromatic rings. The van der Waals surface area contributed by atoms with Crippen molar-refractivity contribution < 1.29 is 4.42 Å². The number of fused-ring (bicyclic) bond motifs is 9. The summed E-state index contributed by atoms with van der Waals surface area (Å²) >= 11 is 0. The second-order valence-electron chi connectivity index (χ2n) is 16.8. The van der Waals surface area contributed by atoms with Crippen LogP contribution in [0.1, 0.15) is 0 Å². The third-order valence-electron chi connectivity index (χ3n) is 13.2. The summed E-state index contributed by atoms with van der Waals surface area (Å²) in [6.45, 7) is 0. The van der Waals surface area contributed by atoms with Gasteiger partial charge in [0, 0.05) is 44.0 Å². The third-order valence-corrected chi connectivity index (χ3v) is 13.2. The fourth-order valence-corrected chi connectivity index (χ4v) is 10.2. The van der Waals surface area contributed by atoms with Crippen LogP contribution in [0.15, 0.2) is 247 Å². The van der Waals surface area contributed by atoms with Gasteiger partial charge in [-0.1, -0.05) is 176 Å². The van der Waals surface area contributed by atoms with Gasteiger partial charge >= 0.3 is 0 Å². The highest BCUT2D eigenvalue weighted by molar-refractivity contribution is 6.14. The molecule has 0 aliphatic heterocycles. The number of anilines is 3. The number of rotatable bonds is 7. The van der Waals surface area contributed by atoms with Crippen LogP contribution in [0.3, 0.4) is 0 Å². The Morgan fingerprint density at radius 1 is 0.323 bits per heavy atom. The van der Waals surface area contributed by atoms with Crippen molar-refractivity contribution in [3.8, 4) is 39.1 Å². The average Bonchev–Trinajstić information content (AvgIpc) is 3.93. The first kappa shape index (κ1) is 36.9. The van der Waals surface area contributed by atoms with Gasteiger partial charge < -0.3 is 13.9 Å². The van der Waals surface area contributed by atoms with Gasteiger partial charge in [-0.25, -0.2) is 0 Å². The smallest absolute Gasteiger partial charge is 0.136 e. The summed E-state index contributed by atoms with van der Waals surface area (Å²) in [7, 11) is 0. The summed E-state index contributed by atoms with van der Waals surface area (Å²) < 4.78 is 8.84. The maximum absolute atomic E-state index is 6.43. The monoisotopic (exact) mass is 828 g/mol. The lowest BCUT2D eigenvalue weighted by molar-refractivity contribution is 0.669. The van der Waals surface area contributed by atoms with Crippen LogP contribution in [-0.4, -0.2) is 4.57 Å². The summed E-state index contributed by atoms with van der Waals surface area (Å²) in [4.78, 5) is 2.41. The molecule has 0 aliphatic rings. The van der Waals surface area contributed by atoms with E-state index in [-0.39, 0.29) is 0 Å². The van der Waals surface area contributed by atoms with Crippen molar-refractivity contribution >= 4 is 82.4 Å². The van der Waals surface area contributed by atoms with Crippen LogP contribution in [0.5, 0.6) is 0 Å². The highest BCUT2D eigenvalue weighted by Crippen LogP contribution is 2.46. The van der Waals surface area contributed by atoms with E-state index in [0.717, 1.165) is 66.9 Å². The molecule has 0 fully saturated rings. The maximum Gasteiger partial charge on any atom is 0.136 e. The highest BCUT2D eigenvalue weighted by Gasteiger charge is 2.22. The van der Waals surface area contributed by atoms with Crippen LogP contribution >= 0.6 is 0 Å². The summed E-state index contributed by atoms with van der Waals surface area (Å²) in [5.74, 6) is 0. The topological polar surface area (TPSA) is 21.3 Å². The van der Waals surface area contributed by atoms with E-state index in [1.54, 1.807) is 0 Å². The van der Waals surface area contributed by atoms with Crippen LogP contribution < -0.4 is 4.90 Å². The lowest BCUT2D eigenvalue weighted by Gasteiger charge is -2.29. The Morgan fingerprint density at radius 3 is 1.74 bits per heavy atom. The van der Waals surface area contributed by atoms with Gasteiger partial charge in [0.1, 0.15) is 11.2 Å². The van der Waals surface area contributed by atoms with Crippen molar-refractivity contribution in [1.82, 2.24) is 4.57 Å². The van der Waals surface area contributed by atoms with Crippen molar-refractivity contribution in [2.24, 2.45) is 0 Å². The molecule has 13 rings (SSSR count). The fourth-order valence-electron chi connectivity index (χ4n) is 10.2. The van der Waals surface area contributed by atoms with E-state index < -0.39 is 0 Å². The SMILES string of the molecule is c1cc(-c2ccc3c(ccc4ccccc43)c2)cc(N(c2ccc(-c3ccccc3-n3c4ccccc4c4ccccc43)cc2)c2ccccc2-c2cccc3oc4ccccc4c23)c1. The zero-order valence-electron chi connectivity index (χ0n) is 35.4. The van der Waals surface area contributed by atoms with Crippen LogP contribution in [0, 0.1) is 0 Å². The van der Waals surface area contributed by atoms with Crippen LogP contribution in [0.2, 0.25) is 0 Å². The Morgan fingerprint density at radius 2 is 0.908 bits per heavy atom. The predicted octanol–water partition coefficient (Wildman–Crippen LogP) is 17.5. The lowest BCUT2D eigenvalue weighted by atomic mass is 9.95. The summed E-state index contributed by atoms with van der Waals surface area (Å²) in [6, 6.07) is 87.8. The lowest BCUT2D eigenvalue weighted by Crippen LogP contribution is -2.11. The molecule has 65 heavy (non-hydrogen) atoms. The Labute approximate surface area is 376 Å². The fraction of sp³-hybridized carbons (Fsp3) is 0. The zero-order valence-corrected chi connectivity index (χ0v) is 35.4. The van der Waals surface area contributed by atoms with Gasteiger partial charge in [-0.2, -0.15) is 0 Å². The molecule has 0 bridgehead atoms. The minimum atomic E-state index is 0.877. The molecule has 3 heteroatoms. The molecular weight excluding hydrogens is 789 g/mol. The number of hydrogen-bond acceptors (Lipinski definition) is 2. The largest absolute Gasteiger partial charge is 0.456 e. The Balaban J connectivity index is 0.982. The summed E-state index contributed by atoms with van der Waals surface area (Å²) in [6.07, 6.45) is 0. The van der Waals surface area contributed by atoms with E-state index in [0.29, 0.717) is 0 Å². The maximum atomic E-state index is 6.43. The van der Waals surface area contributed by atoms with Gasteiger partial charge in [-0.05, 0) is 111 Å². The minimum absolute atomic E-state index is 0.877. The van der Waals surface area contributed by atoms with Gasteiger partial charge in [0.05, 0.1) is 22.4 Å². The summed E-state index contributed by atoms with van der Waals surface area (Å²) in [5.41, 5.74) is 15.4. The molecule has 0 atom stereocenters. The van der Waals surface area contributed by atoms with Gasteiger partial charge in [-0.3, -0.25) is 0 Å². The third kappa shape index (κ3) is 6.05. The molecule has 0 aliphatic carbocycles. The quantitative estimate of drug-likeness (QED) is 0.149. The zero-order chi connectivity index (χ0) is 42.8. The van der Waals surface area contributed by atoms with E-state index >= 15 is 0 Å². The molecule has 3 nitrogen and oxygen atoms in total. The molecule has 2 aromatic heterocycles. The number of benzene rings is 11.